The van der Waals surface area contributed by atoms with Crippen molar-refractivity contribution < 1.29 is 57.0 Å². The zero-order chi connectivity index (χ0) is 36.0. The molecule has 3 atom stereocenters. The van der Waals surface area contributed by atoms with Gasteiger partial charge in [0.25, 0.3) is 0 Å². The van der Waals surface area contributed by atoms with E-state index >= 15 is 0 Å². The molecule has 0 radical (unpaired) electrons. The normalized spacial score (nSPS) is 18.1. The first-order valence-electron chi connectivity index (χ1n) is 16.2. The van der Waals surface area contributed by atoms with E-state index in [0.29, 0.717) is 79.0 Å². The van der Waals surface area contributed by atoms with Crippen molar-refractivity contribution >= 4 is 39.5 Å². The van der Waals surface area contributed by atoms with Gasteiger partial charge in [0.15, 0.2) is 6.10 Å². The van der Waals surface area contributed by atoms with E-state index in [-0.39, 0.29) is 25.1 Å². The van der Waals surface area contributed by atoms with E-state index in [4.69, 9.17) is 42.6 Å². The molecule has 6 rings (SSSR count). The van der Waals surface area contributed by atoms with E-state index in [1.54, 1.807) is 26.4 Å². The van der Waals surface area contributed by atoms with E-state index in [1.807, 2.05) is 26.0 Å². The number of rotatable bonds is 8. The molecule has 0 aromatic heterocycles. The topological polar surface area (TPSA) is 134 Å². The van der Waals surface area contributed by atoms with Crippen molar-refractivity contribution in [3.63, 3.8) is 0 Å². The Bertz CT molecular complexity index is 2050. The lowest BCUT2D eigenvalue weighted by Gasteiger charge is -2.36. The number of hydrogen-bond donors (Lipinski definition) is 0. The maximum Gasteiger partial charge on any atom is 0.308 e. The summed E-state index contributed by atoms with van der Waals surface area (Å²) in [5.41, 5.74) is 3.99. The molecule has 12 heteroatoms. The summed E-state index contributed by atoms with van der Waals surface area (Å²) in [7, 11) is 6.15. The molecule has 4 aromatic carbocycles. The third-order valence-corrected chi connectivity index (χ3v) is 9.10. The Morgan fingerprint density at radius 1 is 0.640 bits per heavy atom. The van der Waals surface area contributed by atoms with Gasteiger partial charge in [0, 0.05) is 60.4 Å². The van der Waals surface area contributed by atoms with Crippen molar-refractivity contribution in [2.75, 3.05) is 28.4 Å². The lowest BCUT2D eigenvalue weighted by Crippen LogP contribution is -2.30. The number of ether oxygens (including phenoxy) is 9. The first-order chi connectivity index (χ1) is 23.9. The fourth-order valence-corrected chi connectivity index (χ4v) is 7.12. The van der Waals surface area contributed by atoms with E-state index in [9.17, 15) is 14.4 Å². The van der Waals surface area contributed by atoms with Crippen LogP contribution in [0.1, 0.15) is 63.0 Å². The second-order valence-electron chi connectivity index (χ2n) is 12.3. The quantitative estimate of drug-likeness (QED) is 0.147. The van der Waals surface area contributed by atoms with Gasteiger partial charge in [0.1, 0.15) is 34.5 Å². The molecule has 50 heavy (non-hydrogen) atoms. The minimum absolute atomic E-state index is 0.0345. The van der Waals surface area contributed by atoms with Gasteiger partial charge in [-0.05, 0) is 49.1 Å². The molecular formula is C38H40O12. The molecule has 0 spiro atoms. The van der Waals surface area contributed by atoms with E-state index in [0.717, 1.165) is 11.1 Å². The highest BCUT2D eigenvalue weighted by molar-refractivity contribution is 6.15. The molecule has 2 heterocycles. The second-order valence-corrected chi connectivity index (χ2v) is 12.3. The number of fused-ring (bicyclic) bond motifs is 4. The predicted octanol–water partition coefficient (Wildman–Crippen LogP) is 6.53. The van der Waals surface area contributed by atoms with Crippen molar-refractivity contribution in [1.29, 1.82) is 0 Å². The number of esters is 3. The highest BCUT2D eigenvalue weighted by atomic mass is 16.6. The van der Waals surface area contributed by atoms with Gasteiger partial charge < -0.3 is 42.6 Å². The summed E-state index contributed by atoms with van der Waals surface area (Å²) in [6.45, 7) is 7.96. The Balaban J connectivity index is 1.97. The summed E-state index contributed by atoms with van der Waals surface area (Å²) in [6, 6.07) is 7.13. The minimum atomic E-state index is -0.925. The molecule has 4 aromatic rings. The van der Waals surface area contributed by atoms with Gasteiger partial charge in [0.2, 0.25) is 0 Å². The average Bonchev–Trinajstić information content (AvgIpc) is 3.08. The maximum atomic E-state index is 12.7. The van der Waals surface area contributed by atoms with Gasteiger partial charge >= 0.3 is 17.9 Å². The number of carbonyl (C=O) groups is 3. The monoisotopic (exact) mass is 688 g/mol. The van der Waals surface area contributed by atoms with Gasteiger partial charge in [-0.2, -0.15) is 0 Å². The van der Waals surface area contributed by atoms with Crippen LogP contribution in [-0.2, 0) is 48.2 Å². The number of benzene rings is 4. The highest BCUT2D eigenvalue weighted by Gasteiger charge is 2.40. The predicted molar refractivity (Wildman–Crippen MR) is 182 cm³/mol. The van der Waals surface area contributed by atoms with Crippen molar-refractivity contribution in [3.8, 4) is 45.6 Å². The van der Waals surface area contributed by atoms with Crippen LogP contribution in [0.25, 0.3) is 32.7 Å². The molecule has 0 saturated carbocycles. The smallest absolute Gasteiger partial charge is 0.308 e. The van der Waals surface area contributed by atoms with Crippen LogP contribution in [0.15, 0.2) is 24.3 Å². The van der Waals surface area contributed by atoms with Gasteiger partial charge in [-0.25, -0.2) is 0 Å². The van der Waals surface area contributed by atoms with Gasteiger partial charge in [-0.3, -0.25) is 14.4 Å². The van der Waals surface area contributed by atoms with Crippen LogP contribution >= 0.6 is 0 Å². The van der Waals surface area contributed by atoms with E-state index < -0.39 is 30.1 Å². The molecule has 0 saturated heterocycles. The molecule has 12 nitrogen and oxygen atoms in total. The van der Waals surface area contributed by atoms with Crippen LogP contribution in [0.3, 0.4) is 0 Å². The van der Waals surface area contributed by atoms with Gasteiger partial charge in [0.05, 0.1) is 64.6 Å². The molecule has 2 aliphatic rings. The van der Waals surface area contributed by atoms with Crippen LogP contribution in [0.4, 0.5) is 0 Å². The molecule has 3 unspecified atom stereocenters. The van der Waals surface area contributed by atoms with Crippen molar-refractivity contribution in [2.45, 2.75) is 72.6 Å². The van der Waals surface area contributed by atoms with Crippen LogP contribution in [-0.4, -0.2) is 58.6 Å². The fourth-order valence-electron chi connectivity index (χ4n) is 7.12. The zero-order valence-electron chi connectivity index (χ0n) is 29.6. The largest absolute Gasteiger partial charge is 0.497 e. The molecule has 0 fully saturated rings. The first-order valence-corrected chi connectivity index (χ1v) is 16.2. The standard InChI is InChI=1S/C38H40O12/c1-17-10-24-27(15-46-17)37(49-20(4)40)32-25(11-22(42-6)13-29(32)44-8)31(24)34-26-12-23(43-7)14-30(45-9)33(26)38(50-21(5)41)28-16-47-18(2)36(35(28)34)48-19(3)39/h11-14,17-18,36H,10,15-16H2,1-9H3. The lowest BCUT2D eigenvalue weighted by molar-refractivity contribution is -0.158. The fraction of sp³-hybridized carbons (Fsp3) is 0.395. The molecule has 0 aliphatic carbocycles. The second kappa shape index (κ2) is 13.7. The van der Waals surface area contributed by atoms with Crippen LogP contribution < -0.4 is 28.4 Å². The van der Waals surface area contributed by atoms with E-state index in [1.165, 1.54) is 35.0 Å². The zero-order valence-corrected chi connectivity index (χ0v) is 29.6. The van der Waals surface area contributed by atoms with Gasteiger partial charge in [-0.15, -0.1) is 0 Å². The van der Waals surface area contributed by atoms with Crippen LogP contribution in [0, 0.1) is 0 Å². The molecule has 0 bridgehead atoms. The minimum Gasteiger partial charge on any atom is -0.497 e. The van der Waals surface area contributed by atoms with Crippen molar-refractivity contribution in [3.05, 3.63) is 46.5 Å². The number of hydrogen-bond acceptors (Lipinski definition) is 12. The average molecular weight is 689 g/mol. The molecule has 264 valence electrons. The van der Waals surface area contributed by atoms with E-state index in [2.05, 4.69) is 0 Å². The third kappa shape index (κ3) is 5.92. The third-order valence-electron chi connectivity index (χ3n) is 9.10. The lowest BCUT2D eigenvalue weighted by atomic mass is 9.78. The summed E-state index contributed by atoms with van der Waals surface area (Å²) in [6.07, 6.45) is -1.30. The van der Waals surface area contributed by atoms with Gasteiger partial charge in [-0.1, -0.05) is 0 Å². The molecule has 0 amide bonds. The Hall–Kier alpha value is -5.07. The Kier molecular flexibility index (Phi) is 9.52. The van der Waals surface area contributed by atoms with Crippen molar-refractivity contribution in [2.24, 2.45) is 0 Å². The summed E-state index contributed by atoms with van der Waals surface area (Å²) in [5, 5.41) is 2.22. The Morgan fingerprint density at radius 2 is 1.16 bits per heavy atom. The van der Waals surface area contributed by atoms with Crippen LogP contribution in [0.5, 0.6) is 34.5 Å². The summed E-state index contributed by atoms with van der Waals surface area (Å²) in [4.78, 5) is 38.1. The highest BCUT2D eigenvalue weighted by Crippen LogP contribution is 2.56. The maximum absolute atomic E-state index is 12.7. The molecular weight excluding hydrogens is 648 g/mol. The summed E-state index contributed by atoms with van der Waals surface area (Å²) >= 11 is 0. The Labute approximate surface area is 289 Å². The number of carbonyl (C=O) groups excluding carboxylic acids is 3. The number of methoxy groups -OCH3 is 4. The first kappa shape index (κ1) is 34.8. The van der Waals surface area contributed by atoms with Crippen molar-refractivity contribution in [1.82, 2.24) is 0 Å². The SMILES string of the molecule is COc1cc(OC)c2c(OC(C)=O)c3c(c(-c4c5c(c(OC(C)=O)c6c(OC)cc(OC)cc46)COC(C)C5OC(C)=O)c2c1)CC(C)OC3. The molecule has 2 aliphatic heterocycles. The summed E-state index contributed by atoms with van der Waals surface area (Å²) < 4.78 is 53.7. The Morgan fingerprint density at radius 3 is 1.66 bits per heavy atom. The molecule has 0 N–H and O–H groups in total. The van der Waals surface area contributed by atoms with Crippen LogP contribution in [0.2, 0.25) is 0 Å². The summed E-state index contributed by atoms with van der Waals surface area (Å²) in [5.74, 6) is 0.673.